The highest BCUT2D eigenvalue weighted by Gasteiger charge is 2.48. The highest BCUT2D eigenvalue weighted by Crippen LogP contribution is 2.52. The number of nitrogens with one attached hydrogen (secondary N) is 1. The van der Waals surface area contributed by atoms with Crippen molar-refractivity contribution in [2.24, 2.45) is 5.92 Å². The molecule has 1 saturated heterocycles. The fourth-order valence-electron chi connectivity index (χ4n) is 4.16. The Hall–Kier alpha value is -2.25. The molecule has 2 aromatic carbocycles. The van der Waals surface area contributed by atoms with Crippen LogP contribution < -0.4 is 4.72 Å². The number of carbonyl (C=O) groups excluding carboxylic acids is 1. The van der Waals surface area contributed by atoms with Crippen molar-refractivity contribution in [3.8, 4) is 11.1 Å². The highest BCUT2D eigenvalue weighted by molar-refractivity contribution is 7.88. The van der Waals surface area contributed by atoms with Crippen molar-refractivity contribution < 1.29 is 17.6 Å². The second kappa shape index (κ2) is 7.29. The molecule has 1 N–H and O–H groups in total. The number of sulfonamides is 1. The quantitative estimate of drug-likeness (QED) is 0.836. The van der Waals surface area contributed by atoms with E-state index in [-0.39, 0.29) is 29.6 Å². The molecule has 4 rings (SSSR count). The summed E-state index contributed by atoms with van der Waals surface area (Å²) in [7, 11) is -3.29. The van der Waals surface area contributed by atoms with Crippen molar-refractivity contribution in [3.63, 3.8) is 0 Å². The van der Waals surface area contributed by atoms with Gasteiger partial charge in [0, 0.05) is 25.0 Å². The maximum absolute atomic E-state index is 14.7. The van der Waals surface area contributed by atoms with Crippen LogP contribution in [-0.4, -0.2) is 44.6 Å². The van der Waals surface area contributed by atoms with E-state index in [1.807, 2.05) is 36.4 Å². The van der Waals surface area contributed by atoms with Gasteiger partial charge in [-0.2, -0.15) is 0 Å². The maximum atomic E-state index is 14.7. The second-order valence-electron chi connectivity index (χ2n) is 7.68. The van der Waals surface area contributed by atoms with Crippen LogP contribution in [0.15, 0.2) is 48.5 Å². The number of amides is 1. The van der Waals surface area contributed by atoms with E-state index in [2.05, 4.69) is 4.72 Å². The Kier molecular flexibility index (Phi) is 4.97. The zero-order chi connectivity index (χ0) is 19.9. The molecule has 0 unspecified atom stereocenters. The fraction of sp³-hybridized carbons (Fsp3) is 0.381. The first-order valence-electron chi connectivity index (χ1n) is 9.43. The van der Waals surface area contributed by atoms with Crippen LogP contribution in [0.2, 0.25) is 0 Å². The third kappa shape index (κ3) is 3.95. The molecular formula is C21H23FN2O3S. The smallest absolute Gasteiger partial charge is 0.226 e. The predicted octanol–water partition coefficient (Wildman–Crippen LogP) is 2.75. The molecule has 3 atom stereocenters. The molecule has 1 saturated carbocycles. The van der Waals surface area contributed by atoms with E-state index in [0.717, 1.165) is 17.4 Å². The van der Waals surface area contributed by atoms with Crippen molar-refractivity contribution in [1.82, 2.24) is 9.62 Å². The van der Waals surface area contributed by atoms with Crippen LogP contribution in [0, 0.1) is 11.7 Å². The van der Waals surface area contributed by atoms with Crippen LogP contribution in [0.25, 0.3) is 11.1 Å². The van der Waals surface area contributed by atoms with Crippen molar-refractivity contribution in [1.29, 1.82) is 0 Å². The molecule has 1 amide bonds. The average molecular weight is 402 g/mol. The van der Waals surface area contributed by atoms with E-state index in [9.17, 15) is 17.6 Å². The number of nitrogens with zero attached hydrogens (tertiary/aromatic N) is 1. The Morgan fingerprint density at radius 3 is 2.61 bits per heavy atom. The number of benzene rings is 2. The van der Waals surface area contributed by atoms with Crippen molar-refractivity contribution in [2.45, 2.75) is 24.8 Å². The van der Waals surface area contributed by atoms with Crippen LogP contribution in [0.3, 0.4) is 0 Å². The second-order valence-corrected chi connectivity index (χ2v) is 9.46. The third-order valence-electron chi connectivity index (χ3n) is 5.50. The first-order valence-corrected chi connectivity index (χ1v) is 11.3. The lowest BCUT2D eigenvalue weighted by Gasteiger charge is -2.17. The van der Waals surface area contributed by atoms with Gasteiger partial charge in [0.15, 0.2) is 0 Å². The molecule has 0 aromatic heterocycles. The minimum atomic E-state index is -3.29. The number of carbonyl (C=O) groups is 1. The van der Waals surface area contributed by atoms with E-state index in [0.29, 0.717) is 31.5 Å². The normalized spacial score (nSPS) is 24.4. The Morgan fingerprint density at radius 1 is 1.14 bits per heavy atom. The van der Waals surface area contributed by atoms with Gasteiger partial charge in [0.05, 0.1) is 6.26 Å². The molecule has 5 nitrogen and oxygen atoms in total. The van der Waals surface area contributed by atoms with Crippen molar-refractivity contribution >= 4 is 15.9 Å². The van der Waals surface area contributed by atoms with Crippen LogP contribution in [0.1, 0.15) is 24.3 Å². The van der Waals surface area contributed by atoms with Crippen LogP contribution in [-0.2, 0) is 14.8 Å². The number of rotatable bonds is 5. The van der Waals surface area contributed by atoms with Crippen LogP contribution in [0.5, 0.6) is 0 Å². The van der Waals surface area contributed by atoms with Crippen molar-refractivity contribution in [3.05, 3.63) is 59.9 Å². The highest BCUT2D eigenvalue weighted by atomic mass is 32.2. The first kappa shape index (κ1) is 19.1. The third-order valence-corrected chi connectivity index (χ3v) is 6.26. The lowest BCUT2D eigenvalue weighted by atomic mass is 9.95. The van der Waals surface area contributed by atoms with Gasteiger partial charge in [-0.3, -0.25) is 4.79 Å². The molecule has 28 heavy (non-hydrogen) atoms. The van der Waals surface area contributed by atoms with Crippen LogP contribution >= 0.6 is 0 Å². The van der Waals surface area contributed by atoms with Gasteiger partial charge in [0.1, 0.15) is 5.82 Å². The summed E-state index contributed by atoms with van der Waals surface area (Å²) in [5.41, 5.74) is 2.38. The van der Waals surface area contributed by atoms with Gasteiger partial charge < -0.3 is 4.90 Å². The van der Waals surface area contributed by atoms with E-state index >= 15 is 0 Å². The molecule has 1 aliphatic heterocycles. The number of likely N-dealkylation sites (tertiary alicyclic amines) is 1. The van der Waals surface area contributed by atoms with Crippen LogP contribution in [0.4, 0.5) is 4.39 Å². The predicted molar refractivity (Wildman–Crippen MR) is 106 cm³/mol. The number of halogens is 1. The maximum Gasteiger partial charge on any atom is 0.226 e. The Bertz CT molecular complexity index is 994. The summed E-state index contributed by atoms with van der Waals surface area (Å²) >= 11 is 0. The minimum absolute atomic E-state index is 0.00920. The molecule has 1 heterocycles. The fourth-order valence-corrected chi connectivity index (χ4v) is 4.96. The summed E-state index contributed by atoms with van der Waals surface area (Å²) in [6.07, 6.45) is 2.35. The molecule has 7 heteroatoms. The zero-order valence-electron chi connectivity index (χ0n) is 15.6. The molecule has 0 radical (unpaired) electrons. The van der Waals surface area contributed by atoms with E-state index in [1.165, 1.54) is 6.07 Å². The van der Waals surface area contributed by atoms with Gasteiger partial charge in [-0.05, 0) is 41.5 Å². The molecule has 2 aromatic rings. The largest absolute Gasteiger partial charge is 0.341 e. The molecule has 2 fully saturated rings. The number of hydrogen-bond acceptors (Lipinski definition) is 3. The standard InChI is InChI=1S/C21H23FN2O3S/c1-28(26,27)23-15-10-11-24(13-15)21(25)18-12-17(18)20-16(8-5-9-19(20)22)14-6-3-2-4-7-14/h2-9,15,17-18,23H,10-13H2,1H3/t15-,17+,18+/m0/s1. The Morgan fingerprint density at radius 2 is 1.89 bits per heavy atom. The minimum Gasteiger partial charge on any atom is -0.341 e. The van der Waals surface area contributed by atoms with Gasteiger partial charge in [0.2, 0.25) is 15.9 Å². The molecule has 2 aliphatic rings. The Labute approximate surface area is 164 Å². The van der Waals surface area contributed by atoms with E-state index in [4.69, 9.17) is 0 Å². The van der Waals surface area contributed by atoms with E-state index < -0.39 is 10.0 Å². The van der Waals surface area contributed by atoms with Gasteiger partial charge in [0.25, 0.3) is 0 Å². The molecule has 1 aliphatic carbocycles. The molecule has 0 spiro atoms. The summed E-state index contributed by atoms with van der Waals surface area (Å²) < 4.78 is 40.1. The van der Waals surface area contributed by atoms with Gasteiger partial charge >= 0.3 is 0 Å². The number of hydrogen-bond donors (Lipinski definition) is 1. The van der Waals surface area contributed by atoms with Gasteiger partial charge in [-0.1, -0.05) is 42.5 Å². The topological polar surface area (TPSA) is 66.5 Å². The summed E-state index contributed by atoms with van der Waals surface area (Å²) in [6, 6.07) is 14.4. The van der Waals surface area contributed by atoms with Crippen molar-refractivity contribution in [2.75, 3.05) is 19.3 Å². The lowest BCUT2D eigenvalue weighted by Crippen LogP contribution is -2.38. The summed E-state index contributed by atoms with van der Waals surface area (Å²) in [4.78, 5) is 14.6. The molecule has 148 valence electrons. The average Bonchev–Trinajstić information content (AvgIpc) is 3.31. The van der Waals surface area contributed by atoms with Gasteiger partial charge in [-0.15, -0.1) is 0 Å². The molecular weight excluding hydrogens is 379 g/mol. The first-order chi connectivity index (χ1) is 13.3. The lowest BCUT2D eigenvalue weighted by molar-refractivity contribution is -0.131. The summed E-state index contributed by atoms with van der Waals surface area (Å²) in [5, 5.41) is 0. The summed E-state index contributed by atoms with van der Waals surface area (Å²) in [5.74, 6) is -0.660. The molecule has 0 bridgehead atoms. The zero-order valence-corrected chi connectivity index (χ0v) is 16.5. The summed E-state index contributed by atoms with van der Waals surface area (Å²) in [6.45, 7) is 0.899. The Balaban J connectivity index is 1.50. The van der Waals surface area contributed by atoms with E-state index in [1.54, 1.807) is 11.0 Å². The SMILES string of the molecule is CS(=O)(=O)N[C@H]1CCN(C(=O)[C@@H]2C[C@H]2c2c(F)cccc2-c2ccccc2)C1. The van der Waals surface area contributed by atoms with Gasteiger partial charge in [-0.25, -0.2) is 17.5 Å². The monoisotopic (exact) mass is 402 g/mol.